The first-order valence-corrected chi connectivity index (χ1v) is 5.51. The van der Waals surface area contributed by atoms with E-state index < -0.39 is 0 Å². The SMILES string of the molecule is COc1ccc(F)cc1NCc1ccc(F)cc1. The van der Waals surface area contributed by atoms with Gasteiger partial charge in [-0.3, -0.25) is 0 Å². The van der Waals surface area contributed by atoms with Gasteiger partial charge >= 0.3 is 0 Å². The molecule has 0 saturated carbocycles. The third-order valence-corrected chi connectivity index (χ3v) is 2.56. The van der Waals surface area contributed by atoms with Crippen LogP contribution in [0.25, 0.3) is 0 Å². The Hall–Kier alpha value is -2.10. The summed E-state index contributed by atoms with van der Waals surface area (Å²) in [6.07, 6.45) is 0. The van der Waals surface area contributed by atoms with Crippen molar-refractivity contribution < 1.29 is 13.5 Å². The van der Waals surface area contributed by atoms with E-state index in [2.05, 4.69) is 5.32 Å². The number of hydrogen-bond acceptors (Lipinski definition) is 2. The lowest BCUT2D eigenvalue weighted by atomic mass is 10.2. The second kappa shape index (κ2) is 5.49. The molecule has 0 atom stereocenters. The Balaban J connectivity index is 2.09. The highest BCUT2D eigenvalue weighted by Crippen LogP contribution is 2.25. The molecule has 18 heavy (non-hydrogen) atoms. The Kier molecular flexibility index (Phi) is 3.77. The second-order valence-electron chi connectivity index (χ2n) is 3.82. The van der Waals surface area contributed by atoms with Crippen molar-refractivity contribution in [2.45, 2.75) is 6.54 Å². The fraction of sp³-hybridized carbons (Fsp3) is 0.143. The topological polar surface area (TPSA) is 21.3 Å². The van der Waals surface area contributed by atoms with Crippen LogP contribution in [0.3, 0.4) is 0 Å². The van der Waals surface area contributed by atoms with Gasteiger partial charge in [0.15, 0.2) is 0 Å². The number of methoxy groups -OCH3 is 1. The van der Waals surface area contributed by atoms with Crippen molar-refractivity contribution in [2.24, 2.45) is 0 Å². The van der Waals surface area contributed by atoms with Crippen LogP contribution in [0.4, 0.5) is 14.5 Å². The van der Waals surface area contributed by atoms with Crippen LogP contribution in [0.5, 0.6) is 5.75 Å². The van der Waals surface area contributed by atoms with E-state index in [-0.39, 0.29) is 11.6 Å². The molecule has 0 bridgehead atoms. The summed E-state index contributed by atoms with van der Waals surface area (Å²) in [5, 5.41) is 3.05. The van der Waals surface area contributed by atoms with Crippen LogP contribution in [0.15, 0.2) is 42.5 Å². The molecule has 0 fully saturated rings. The molecule has 1 N–H and O–H groups in total. The summed E-state index contributed by atoms with van der Waals surface area (Å²) in [6, 6.07) is 10.4. The number of rotatable bonds is 4. The molecule has 0 radical (unpaired) electrons. The summed E-state index contributed by atoms with van der Waals surface area (Å²) in [5.74, 6) is -0.0435. The van der Waals surface area contributed by atoms with Crippen LogP contribution in [0, 0.1) is 11.6 Å². The number of nitrogens with one attached hydrogen (secondary N) is 1. The standard InChI is InChI=1S/C14H13F2NO/c1-18-14-7-6-12(16)8-13(14)17-9-10-2-4-11(15)5-3-10/h2-8,17H,9H2,1H3. The maximum atomic E-state index is 13.1. The minimum Gasteiger partial charge on any atom is -0.495 e. The van der Waals surface area contributed by atoms with Gasteiger partial charge in [-0.15, -0.1) is 0 Å². The molecule has 2 aromatic carbocycles. The highest BCUT2D eigenvalue weighted by Gasteiger charge is 2.04. The van der Waals surface area contributed by atoms with Gasteiger partial charge in [-0.25, -0.2) is 8.78 Å². The molecule has 0 unspecified atom stereocenters. The van der Waals surface area contributed by atoms with E-state index in [1.54, 1.807) is 18.2 Å². The van der Waals surface area contributed by atoms with Crippen LogP contribution in [-0.2, 0) is 6.54 Å². The molecule has 2 aromatic rings. The van der Waals surface area contributed by atoms with Crippen LogP contribution < -0.4 is 10.1 Å². The fourth-order valence-corrected chi connectivity index (χ4v) is 1.62. The first-order valence-electron chi connectivity index (χ1n) is 5.51. The first-order chi connectivity index (χ1) is 8.69. The van der Waals surface area contributed by atoms with Crippen molar-refractivity contribution in [1.29, 1.82) is 0 Å². The molecule has 0 aliphatic rings. The predicted octanol–water partition coefficient (Wildman–Crippen LogP) is 3.59. The summed E-state index contributed by atoms with van der Waals surface area (Å²) in [6.45, 7) is 0.472. The van der Waals surface area contributed by atoms with Crippen molar-refractivity contribution in [3.8, 4) is 5.75 Å². The lowest BCUT2D eigenvalue weighted by Crippen LogP contribution is -2.01. The first kappa shape index (κ1) is 12.4. The number of halogens is 2. The third kappa shape index (κ3) is 2.97. The highest BCUT2D eigenvalue weighted by atomic mass is 19.1. The predicted molar refractivity (Wildman–Crippen MR) is 66.7 cm³/mol. The minimum atomic E-state index is -0.336. The molecule has 4 heteroatoms. The molecule has 2 nitrogen and oxygen atoms in total. The molecular weight excluding hydrogens is 236 g/mol. The average molecular weight is 249 g/mol. The molecule has 0 aromatic heterocycles. The monoisotopic (exact) mass is 249 g/mol. The van der Waals surface area contributed by atoms with Crippen molar-refractivity contribution in [1.82, 2.24) is 0 Å². The summed E-state index contributed by atoms with van der Waals surface area (Å²) in [5.41, 5.74) is 1.48. The Morgan fingerprint density at radius 1 is 1.00 bits per heavy atom. The van der Waals surface area contributed by atoms with Gasteiger partial charge in [0.1, 0.15) is 17.4 Å². The van der Waals surface area contributed by atoms with E-state index >= 15 is 0 Å². The molecule has 0 saturated heterocycles. The van der Waals surface area contributed by atoms with E-state index in [1.807, 2.05) is 0 Å². The van der Waals surface area contributed by atoms with Crippen LogP contribution in [0.2, 0.25) is 0 Å². The number of hydrogen-bond donors (Lipinski definition) is 1. The van der Waals surface area contributed by atoms with E-state index in [0.29, 0.717) is 18.0 Å². The van der Waals surface area contributed by atoms with Crippen LogP contribution in [0.1, 0.15) is 5.56 Å². The molecule has 0 spiro atoms. The van der Waals surface area contributed by atoms with Gasteiger partial charge in [0.05, 0.1) is 12.8 Å². The van der Waals surface area contributed by atoms with Crippen LogP contribution in [-0.4, -0.2) is 7.11 Å². The van der Waals surface area contributed by atoms with Gasteiger partial charge in [0.25, 0.3) is 0 Å². The van der Waals surface area contributed by atoms with Crippen molar-refractivity contribution in [3.05, 3.63) is 59.7 Å². The molecule has 0 aliphatic carbocycles. The summed E-state index contributed by atoms with van der Waals surface area (Å²) in [7, 11) is 1.52. The zero-order chi connectivity index (χ0) is 13.0. The maximum Gasteiger partial charge on any atom is 0.142 e. The molecule has 0 aliphatic heterocycles. The van der Waals surface area contributed by atoms with Gasteiger partial charge in [-0.05, 0) is 29.8 Å². The summed E-state index contributed by atoms with van der Waals surface area (Å²) < 4.78 is 31.0. The quantitative estimate of drug-likeness (QED) is 0.894. The summed E-state index contributed by atoms with van der Waals surface area (Å²) >= 11 is 0. The molecule has 0 amide bonds. The second-order valence-corrected chi connectivity index (χ2v) is 3.82. The van der Waals surface area contributed by atoms with Crippen molar-refractivity contribution in [3.63, 3.8) is 0 Å². The fourth-order valence-electron chi connectivity index (χ4n) is 1.62. The molecule has 2 rings (SSSR count). The molecule has 94 valence electrons. The van der Waals surface area contributed by atoms with Gasteiger partial charge < -0.3 is 10.1 Å². The van der Waals surface area contributed by atoms with E-state index in [1.165, 1.54) is 31.4 Å². The Bertz CT molecular complexity index is 526. The van der Waals surface area contributed by atoms with Gasteiger partial charge in [0.2, 0.25) is 0 Å². The highest BCUT2D eigenvalue weighted by molar-refractivity contribution is 5.56. The Labute approximate surface area is 104 Å². The zero-order valence-electron chi connectivity index (χ0n) is 9.91. The average Bonchev–Trinajstić information content (AvgIpc) is 2.38. The Morgan fingerprint density at radius 2 is 1.67 bits per heavy atom. The number of benzene rings is 2. The van der Waals surface area contributed by atoms with Crippen molar-refractivity contribution >= 4 is 5.69 Å². The minimum absolute atomic E-state index is 0.276. The number of ether oxygens (including phenoxy) is 1. The normalized spacial score (nSPS) is 10.2. The lowest BCUT2D eigenvalue weighted by Gasteiger charge is -2.11. The zero-order valence-corrected chi connectivity index (χ0v) is 9.91. The third-order valence-electron chi connectivity index (χ3n) is 2.56. The Morgan fingerprint density at radius 3 is 2.33 bits per heavy atom. The smallest absolute Gasteiger partial charge is 0.142 e. The number of anilines is 1. The van der Waals surface area contributed by atoms with Crippen LogP contribution >= 0.6 is 0 Å². The van der Waals surface area contributed by atoms with Gasteiger partial charge in [-0.1, -0.05) is 12.1 Å². The van der Waals surface area contributed by atoms with E-state index in [4.69, 9.17) is 4.74 Å². The molecular formula is C14H13F2NO. The van der Waals surface area contributed by atoms with Gasteiger partial charge in [-0.2, -0.15) is 0 Å². The summed E-state index contributed by atoms with van der Waals surface area (Å²) in [4.78, 5) is 0. The maximum absolute atomic E-state index is 13.1. The van der Waals surface area contributed by atoms with E-state index in [9.17, 15) is 8.78 Å². The lowest BCUT2D eigenvalue weighted by molar-refractivity contribution is 0.415. The molecule has 0 heterocycles. The van der Waals surface area contributed by atoms with Crippen molar-refractivity contribution in [2.75, 3.05) is 12.4 Å². The van der Waals surface area contributed by atoms with E-state index in [0.717, 1.165) is 5.56 Å². The largest absolute Gasteiger partial charge is 0.495 e. The van der Waals surface area contributed by atoms with Gasteiger partial charge in [0, 0.05) is 12.6 Å².